The molecule has 1 heterocycles. The van der Waals surface area contributed by atoms with E-state index in [4.69, 9.17) is 25.4 Å². The third kappa shape index (κ3) is 6.28. The molecule has 3 aromatic rings. The van der Waals surface area contributed by atoms with Crippen LogP contribution in [0.2, 0.25) is 0 Å². The van der Waals surface area contributed by atoms with Crippen LogP contribution in [-0.4, -0.2) is 56.8 Å². The minimum atomic E-state index is -0.533. The van der Waals surface area contributed by atoms with Gasteiger partial charge in [0.1, 0.15) is 32.0 Å². The lowest BCUT2D eigenvalue weighted by atomic mass is 10.2. The highest BCUT2D eigenvalue weighted by Gasteiger charge is 2.13. The van der Waals surface area contributed by atoms with Gasteiger partial charge in [-0.2, -0.15) is 0 Å². The summed E-state index contributed by atoms with van der Waals surface area (Å²) in [6, 6.07) is 11.1. The van der Waals surface area contributed by atoms with E-state index < -0.39 is 6.67 Å². The highest BCUT2D eigenvalue weighted by molar-refractivity contribution is 5.93. The molecular weight excluding hydrogens is 401 g/mol. The van der Waals surface area contributed by atoms with Crippen molar-refractivity contribution < 1.29 is 23.3 Å². The largest absolute Gasteiger partial charge is 0.487 e. The molecule has 2 aromatic carbocycles. The van der Waals surface area contributed by atoms with Crippen molar-refractivity contribution in [1.82, 2.24) is 9.97 Å². The predicted octanol–water partition coefficient (Wildman–Crippen LogP) is 3.74. The van der Waals surface area contributed by atoms with Crippen molar-refractivity contribution in [2.45, 2.75) is 0 Å². The Hall–Kier alpha value is -3.41. The molecule has 0 bridgehead atoms. The van der Waals surface area contributed by atoms with Gasteiger partial charge in [0.2, 0.25) is 0 Å². The summed E-state index contributed by atoms with van der Waals surface area (Å²) in [5.74, 6) is 4.24. The Kier molecular flexibility index (Phi) is 8.40. The Balaban J connectivity index is 1.89. The van der Waals surface area contributed by atoms with Crippen LogP contribution in [0.15, 0.2) is 42.7 Å². The minimum absolute atomic E-state index is 0.0386. The van der Waals surface area contributed by atoms with E-state index in [1.807, 2.05) is 24.3 Å². The van der Waals surface area contributed by atoms with Crippen LogP contribution in [0, 0.1) is 12.3 Å². The van der Waals surface area contributed by atoms with Crippen molar-refractivity contribution in [2.24, 2.45) is 0 Å². The van der Waals surface area contributed by atoms with E-state index in [1.165, 1.54) is 6.33 Å². The van der Waals surface area contributed by atoms with Gasteiger partial charge >= 0.3 is 0 Å². The van der Waals surface area contributed by atoms with E-state index in [9.17, 15) is 4.39 Å². The van der Waals surface area contributed by atoms with Crippen molar-refractivity contribution in [1.29, 1.82) is 0 Å². The van der Waals surface area contributed by atoms with Gasteiger partial charge in [-0.25, -0.2) is 14.4 Å². The molecule has 0 fully saturated rings. The van der Waals surface area contributed by atoms with E-state index in [1.54, 1.807) is 19.2 Å². The third-order valence-corrected chi connectivity index (χ3v) is 4.24. The fourth-order valence-electron chi connectivity index (χ4n) is 2.81. The zero-order chi connectivity index (χ0) is 21.9. The average Bonchev–Trinajstić information content (AvgIpc) is 2.79. The van der Waals surface area contributed by atoms with Gasteiger partial charge in [0.05, 0.1) is 25.3 Å². The minimum Gasteiger partial charge on any atom is -0.487 e. The Morgan fingerprint density at radius 2 is 1.81 bits per heavy atom. The van der Waals surface area contributed by atoms with Crippen LogP contribution < -0.4 is 14.8 Å². The number of hydrogen-bond acceptors (Lipinski definition) is 7. The average molecular weight is 425 g/mol. The van der Waals surface area contributed by atoms with Crippen LogP contribution in [0.1, 0.15) is 5.56 Å². The number of ether oxygens (including phenoxy) is 4. The molecule has 0 aliphatic carbocycles. The molecule has 1 N–H and O–H groups in total. The van der Waals surface area contributed by atoms with Gasteiger partial charge in [-0.3, -0.25) is 0 Å². The molecule has 3 rings (SSSR count). The van der Waals surface area contributed by atoms with Crippen molar-refractivity contribution >= 4 is 22.4 Å². The number of terminal acetylenes is 1. The van der Waals surface area contributed by atoms with Gasteiger partial charge in [-0.05, 0) is 24.3 Å². The molecule has 0 atom stereocenters. The van der Waals surface area contributed by atoms with Gasteiger partial charge in [0.25, 0.3) is 0 Å². The molecule has 31 heavy (non-hydrogen) atoms. The fraction of sp³-hybridized carbons (Fsp3) is 0.304. The molecule has 0 aliphatic heterocycles. The molecular formula is C23H24FN3O4. The molecule has 0 aliphatic rings. The Bertz CT molecular complexity index is 1040. The van der Waals surface area contributed by atoms with E-state index in [2.05, 4.69) is 21.2 Å². The number of nitrogens with zero attached hydrogens (tertiary/aromatic N) is 2. The maximum atomic E-state index is 12.2. The first-order chi connectivity index (χ1) is 15.2. The SMILES string of the molecule is C#Cc1cccc(Nc2ncnc3cc(OCCOC)c(OCCOCCF)cc23)c1. The Morgan fingerprint density at radius 3 is 2.58 bits per heavy atom. The van der Waals surface area contributed by atoms with E-state index >= 15 is 0 Å². The van der Waals surface area contributed by atoms with Crippen LogP contribution in [0.5, 0.6) is 11.5 Å². The van der Waals surface area contributed by atoms with Crippen LogP contribution in [0.4, 0.5) is 15.9 Å². The van der Waals surface area contributed by atoms with Crippen molar-refractivity contribution in [3.05, 3.63) is 48.3 Å². The van der Waals surface area contributed by atoms with Crippen LogP contribution in [-0.2, 0) is 9.47 Å². The Labute approximate surface area is 180 Å². The summed E-state index contributed by atoms with van der Waals surface area (Å²) in [7, 11) is 1.60. The molecule has 0 spiro atoms. The van der Waals surface area contributed by atoms with Crippen molar-refractivity contribution in [3.8, 4) is 23.8 Å². The van der Waals surface area contributed by atoms with Gasteiger partial charge in [0.15, 0.2) is 11.5 Å². The number of methoxy groups -OCH3 is 1. The second-order valence-corrected chi connectivity index (χ2v) is 6.38. The van der Waals surface area contributed by atoms with Crippen LogP contribution in [0.3, 0.4) is 0 Å². The van der Waals surface area contributed by atoms with E-state index in [-0.39, 0.29) is 19.8 Å². The number of benzene rings is 2. The molecule has 0 amide bonds. The summed E-state index contributed by atoms with van der Waals surface area (Å²) in [6.07, 6.45) is 6.96. The van der Waals surface area contributed by atoms with E-state index in [0.717, 1.165) is 16.6 Å². The van der Waals surface area contributed by atoms with Crippen LogP contribution in [0.25, 0.3) is 10.9 Å². The van der Waals surface area contributed by atoms with Crippen molar-refractivity contribution in [3.63, 3.8) is 0 Å². The highest BCUT2D eigenvalue weighted by atomic mass is 19.1. The third-order valence-electron chi connectivity index (χ3n) is 4.24. The van der Waals surface area contributed by atoms with Crippen molar-refractivity contribution in [2.75, 3.05) is 52.1 Å². The summed E-state index contributed by atoms with van der Waals surface area (Å²) in [6.45, 7) is 0.790. The maximum absolute atomic E-state index is 12.2. The molecule has 162 valence electrons. The quantitative estimate of drug-likeness (QED) is 0.350. The normalized spacial score (nSPS) is 10.6. The highest BCUT2D eigenvalue weighted by Crippen LogP contribution is 2.35. The maximum Gasteiger partial charge on any atom is 0.163 e. The number of rotatable bonds is 12. The number of anilines is 2. The number of hydrogen-bond donors (Lipinski definition) is 1. The summed E-state index contributed by atoms with van der Waals surface area (Å²) < 4.78 is 34.0. The fourth-order valence-corrected chi connectivity index (χ4v) is 2.81. The predicted molar refractivity (Wildman–Crippen MR) is 117 cm³/mol. The molecule has 0 saturated carbocycles. The summed E-state index contributed by atoms with van der Waals surface area (Å²) >= 11 is 0. The molecule has 0 unspecified atom stereocenters. The number of aromatic nitrogens is 2. The Morgan fingerprint density at radius 1 is 1.00 bits per heavy atom. The molecule has 8 heteroatoms. The van der Waals surface area contributed by atoms with Gasteiger partial charge in [-0.1, -0.05) is 12.0 Å². The van der Waals surface area contributed by atoms with Crippen LogP contribution >= 0.6 is 0 Å². The lowest BCUT2D eigenvalue weighted by Crippen LogP contribution is -2.10. The number of alkyl halides is 1. The molecule has 0 radical (unpaired) electrons. The number of halogens is 1. The first-order valence-corrected chi connectivity index (χ1v) is 9.76. The second kappa shape index (κ2) is 11.7. The zero-order valence-corrected chi connectivity index (χ0v) is 17.3. The van der Waals surface area contributed by atoms with Gasteiger partial charge in [0, 0.05) is 29.8 Å². The monoisotopic (exact) mass is 425 g/mol. The molecule has 7 nitrogen and oxygen atoms in total. The number of fused-ring (bicyclic) bond motifs is 1. The first kappa shape index (κ1) is 22.3. The first-order valence-electron chi connectivity index (χ1n) is 9.76. The number of nitrogens with one attached hydrogen (secondary N) is 1. The second-order valence-electron chi connectivity index (χ2n) is 6.38. The van der Waals surface area contributed by atoms with Gasteiger partial charge in [-0.15, -0.1) is 6.42 Å². The topological polar surface area (TPSA) is 74.7 Å². The summed E-state index contributed by atoms with van der Waals surface area (Å²) in [5, 5.41) is 4.02. The smallest absolute Gasteiger partial charge is 0.163 e. The lowest BCUT2D eigenvalue weighted by Gasteiger charge is -2.15. The van der Waals surface area contributed by atoms with E-state index in [0.29, 0.717) is 36.0 Å². The standard InChI is InChI=1S/C23H24FN3O4/c1-3-17-5-4-6-18(13-17)27-23-19-14-21(31-12-10-29-8-7-24)22(30-11-9-28-2)15-20(19)25-16-26-23/h1,4-6,13-16H,7-12H2,2H3,(H,25,26,27). The molecule has 1 aromatic heterocycles. The lowest BCUT2D eigenvalue weighted by molar-refractivity contribution is 0.0877. The zero-order valence-electron chi connectivity index (χ0n) is 17.3. The van der Waals surface area contributed by atoms with Gasteiger partial charge < -0.3 is 24.3 Å². The molecule has 0 saturated heterocycles. The summed E-state index contributed by atoms with van der Waals surface area (Å²) in [4.78, 5) is 8.72. The summed E-state index contributed by atoms with van der Waals surface area (Å²) in [5.41, 5.74) is 2.24.